The zero-order chi connectivity index (χ0) is 33.2. The largest absolute Gasteiger partial charge is 0.489 e. The number of furan rings is 2. The predicted molar refractivity (Wildman–Crippen MR) is 178 cm³/mol. The molecule has 47 heavy (non-hydrogen) atoms. The van der Waals surface area contributed by atoms with E-state index in [2.05, 4.69) is 29.0 Å². The maximum absolute atomic E-state index is 11.5. The fourth-order valence-corrected chi connectivity index (χ4v) is 4.70. The Morgan fingerprint density at radius 2 is 0.957 bits per heavy atom. The second-order valence-corrected chi connectivity index (χ2v) is 10.5. The van der Waals surface area contributed by atoms with Gasteiger partial charge in [-0.05, 0) is 72.5 Å². The summed E-state index contributed by atoms with van der Waals surface area (Å²) in [4.78, 5) is 22.3. The molecule has 238 valence electrons. The third-order valence-corrected chi connectivity index (χ3v) is 7.35. The first-order valence-corrected chi connectivity index (χ1v) is 14.9. The van der Waals surface area contributed by atoms with Crippen LogP contribution in [0.25, 0.3) is 22.3 Å². The molecule has 6 rings (SSSR count). The lowest BCUT2D eigenvalue weighted by molar-refractivity contribution is 0.0563. The van der Waals surface area contributed by atoms with Crippen molar-refractivity contribution in [2.24, 2.45) is 0 Å². The Hall–Kier alpha value is -6.02. The van der Waals surface area contributed by atoms with Crippen molar-refractivity contribution in [3.05, 3.63) is 155 Å². The molecule has 0 aliphatic carbocycles. The minimum Gasteiger partial charge on any atom is -0.489 e. The highest BCUT2D eigenvalue weighted by Crippen LogP contribution is 2.25. The zero-order valence-electron chi connectivity index (χ0n) is 26.3. The number of methoxy groups -OCH3 is 1. The minimum atomic E-state index is -1.08. The molecule has 0 saturated heterocycles. The van der Waals surface area contributed by atoms with Crippen LogP contribution in [0.15, 0.2) is 130 Å². The van der Waals surface area contributed by atoms with Crippen molar-refractivity contribution in [3.8, 4) is 33.8 Å². The standard InChI is InChI=1S/C20H18O4.C19H16O4/c1-14-17(12-19(24-14)20(21)22-2)13-23-18-10-8-16(9-11-18)15-6-4-3-5-7-15;1-13-16(11-18(23-13)19(20)21)12-22-17-9-7-15(8-10-17)14-5-3-2-4-6-14/h3-12H,13H2,1-2H3;2-11H,12H2,1H3,(H,20,21). The van der Waals surface area contributed by atoms with Crippen molar-refractivity contribution in [2.45, 2.75) is 27.1 Å². The van der Waals surface area contributed by atoms with Gasteiger partial charge in [0.25, 0.3) is 0 Å². The van der Waals surface area contributed by atoms with Crippen molar-refractivity contribution in [1.29, 1.82) is 0 Å². The number of hydrogen-bond acceptors (Lipinski definition) is 7. The van der Waals surface area contributed by atoms with E-state index < -0.39 is 11.9 Å². The average molecular weight is 631 g/mol. The Bertz CT molecular complexity index is 1900. The molecule has 0 unspecified atom stereocenters. The van der Waals surface area contributed by atoms with E-state index in [0.717, 1.165) is 44.9 Å². The molecule has 0 saturated carbocycles. The number of rotatable bonds is 10. The van der Waals surface area contributed by atoms with Gasteiger partial charge in [0.15, 0.2) is 0 Å². The number of carbonyl (C=O) groups is 2. The number of aryl methyl sites for hydroxylation is 2. The number of esters is 1. The number of benzene rings is 4. The lowest BCUT2D eigenvalue weighted by Gasteiger charge is -2.07. The predicted octanol–water partition coefficient (Wildman–Crippen LogP) is 9.15. The van der Waals surface area contributed by atoms with E-state index >= 15 is 0 Å². The van der Waals surface area contributed by atoms with Crippen molar-refractivity contribution in [3.63, 3.8) is 0 Å². The van der Waals surface area contributed by atoms with Crippen LogP contribution in [0.4, 0.5) is 0 Å². The number of ether oxygens (including phenoxy) is 3. The molecule has 4 aromatic carbocycles. The molecule has 0 bridgehead atoms. The average Bonchev–Trinajstić information content (AvgIpc) is 3.69. The highest BCUT2D eigenvalue weighted by Gasteiger charge is 2.15. The van der Waals surface area contributed by atoms with Crippen LogP contribution >= 0.6 is 0 Å². The van der Waals surface area contributed by atoms with Gasteiger partial charge in [0.05, 0.1) is 7.11 Å². The van der Waals surface area contributed by atoms with E-state index in [0.29, 0.717) is 18.1 Å². The van der Waals surface area contributed by atoms with E-state index in [1.165, 1.54) is 13.2 Å². The Morgan fingerprint density at radius 1 is 0.574 bits per heavy atom. The minimum absolute atomic E-state index is 0.0690. The first-order chi connectivity index (χ1) is 22.8. The maximum Gasteiger partial charge on any atom is 0.373 e. The molecule has 0 spiro atoms. The summed E-state index contributed by atoms with van der Waals surface area (Å²) in [5.41, 5.74) is 6.12. The molecule has 0 atom stereocenters. The summed E-state index contributed by atoms with van der Waals surface area (Å²) in [6.07, 6.45) is 0. The third kappa shape index (κ3) is 8.58. The topological polar surface area (TPSA) is 108 Å². The summed E-state index contributed by atoms with van der Waals surface area (Å²) in [6.45, 7) is 4.12. The fraction of sp³-hybridized carbons (Fsp3) is 0.128. The van der Waals surface area contributed by atoms with Crippen LogP contribution in [0.5, 0.6) is 11.5 Å². The highest BCUT2D eigenvalue weighted by atomic mass is 16.5. The molecule has 0 amide bonds. The SMILES string of the molecule is COC(=O)c1cc(COc2ccc(-c3ccccc3)cc2)c(C)o1.Cc1oc(C(=O)O)cc1COc1ccc(-c2ccccc2)cc1. The summed E-state index contributed by atoms with van der Waals surface area (Å²) >= 11 is 0. The van der Waals surface area contributed by atoms with Gasteiger partial charge in [0, 0.05) is 11.1 Å². The number of carbonyl (C=O) groups excluding carboxylic acids is 1. The highest BCUT2D eigenvalue weighted by molar-refractivity contribution is 5.86. The Kier molecular flexibility index (Phi) is 10.5. The quantitative estimate of drug-likeness (QED) is 0.149. The zero-order valence-corrected chi connectivity index (χ0v) is 26.3. The van der Waals surface area contributed by atoms with Crippen molar-refractivity contribution in [2.75, 3.05) is 7.11 Å². The number of carboxylic acids is 1. The van der Waals surface area contributed by atoms with E-state index in [4.69, 9.17) is 23.4 Å². The van der Waals surface area contributed by atoms with Crippen LogP contribution in [-0.2, 0) is 18.0 Å². The molecule has 0 aliphatic heterocycles. The summed E-state index contributed by atoms with van der Waals surface area (Å²) in [5.74, 6) is 1.24. The Morgan fingerprint density at radius 3 is 1.34 bits per heavy atom. The molecule has 0 fully saturated rings. The van der Waals surface area contributed by atoms with Gasteiger partial charge in [-0.25, -0.2) is 9.59 Å². The van der Waals surface area contributed by atoms with E-state index in [9.17, 15) is 9.59 Å². The van der Waals surface area contributed by atoms with Crippen LogP contribution in [-0.4, -0.2) is 24.2 Å². The second kappa shape index (κ2) is 15.3. The third-order valence-electron chi connectivity index (χ3n) is 7.35. The number of hydrogen-bond donors (Lipinski definition) is 1. The molecule has 0 aliphatic rings. The summed E-state index contributed by atoms with van der Waals surface area (Å²) in [6, 6.07) is 39.1. The fourth-order valence-electron chi connectivity index (χ4n) is 4.70. The number of carboxylic acid groups (broad SMARTS) is 1. The molecule has 6 aromatic rings. The van der Waals surface area contributed by atoms with E-state index in [-0.39, 0.29) is 18.1 Å². The van der Waals surface area contributed by atoms with E-state index in [1.54, 1.807) is 19.9 Å². The smallest absolute Gasteiger partial charge is 0.373 e. The molecule has 0 radical (unpaired) electrons. The van der Waals surface area contributed by atoms with Crippen LogP contribution in [0.2, 0.25) is 0 Å². The van der Waals surface area contributed by atoms with Gasteiger partial charge in [-0.2, -0.15) is 0 Å². The normalized spacial score (nSPS) is 10.4. The molecule has 1 N–H and O–H groups in total. The number of aromatic carboxylic acids is 1. The Labute approximate surface area is 272 Å². The summed E-state index contributed by atoms with van der Waals surface area (Å²) < 4.78 is 26.7. The monoisotopic (exact) mass is 630 g/mol. The van der Waals surface area contributed by atoms with Crippen LogP contribution < -0.4 is 9.47 Å². The van der Waals surface area contributed by atoms with Crippen LogP contribution in [0.1, 0.15) is 43.8 Å². The lowest BCUT2D eigenvalue weighted by Crippen LogP contribution is -1.99. The first-order valence-electron chi connectivity index (χ1n) is 14.9. The molecular weight excluding hydrogens is 596 g/mol. The molecule has 8 nitrogen and oxygen atoms in total. The molecule has 8 heteroatoms. The molecule has 2 aromatic heterocycles. The van der Waals surface area contributed by atoms with Crippen molar-refractivity contribution < 1.29 is 37.7 Å². The van der Waals surface area contributed by atoms with Crippen molar-refractivity contribution in [1.82, 2.24) is 0 Å². The van der Waals surface area contributed by atoms with Gasteiger partial charge >= 0.3 is 11.9 Å². The van der Waals surface area contributed by atoms with E-state index in [1.807, 2.05) is 84.9 Å². The van der Waals surface area contributed by atoms with Gasteiger partial charge < -0.3 is 28.2 Å². The summed E-state index contributed by atoms with van der Waals surface area (Å²) in [7, 11) is 1.32. The van der Waals surface area contributed by atoms with Crippen LogP contribution in [0.3, 0.4) is 0 Å². The van der Waals surface area contributed by atoms with Crippen molar-refractivity contribution >= 4 is 11.9 Å². The van der Waals surface area contributed by atoms with Gasteiger partial charge in [-0.15, -0.1) is 0 Å². The summed E-state index contributed by atoms with van der Waals surface area (Å²) in [5, 5.41) is 8.91. The van der Waals surface area contributed by atoms with Gasteiger partial charge in [-0.1, -0.05) is 84.9 Å². The maximum atomic E-state index is 11.5. The van der Waals surface area contributed by atoms with Gasteiger partial charge in [-0.3, -0.25) is 0 Å². The molecular formula is C39H34O8. The van der Waals surface area contributed by atoms with Crippen LogP contribution in [0, 0.1) is 13.8 Å². The lowest BCUT2D eigenvalue weighted by atomic mass is 10.1. The van der Waals surface area contributed by atoms with Gasteiger partial charge in [0.1, 0.15) is 36.2 Å². The molecule has 2 heterocycles. The first kappa shape index (κ1) is 32.4. The van der Waals surface area contributed by atoms with Gasteiger partial charge in [0.2, 0.25) is 11.5 Å². The Balaban J connectivity index is 0.000000185. The second-order valence-electron chi connectivity index (χ2n) is 10.5.